The lowest BCUT2D eigenvalue weighted by atomic mass is 10.0. The molecule has 0 radical (unpaired) electrons. The molecule has 0 saturated carbocycles. The van der Waals surface area contributed by atoms with Crippen molar-refractivity contribution in [2.45, 2.75) is 19.0 Å². The second-order valence-electron chi connectivity index (χ2n) is 4.66. The number of amides is 2. The van der Waals surface area contributed by atoms with Gasteiger partial charge in [-0.05, 0) is 6.92 Å². The van der Waals surface area contributed by atoms with Gasteiger partial charge in [-0.3, -0.25) is 4.79 Å². The van der Waals surface area contributed by atoms with Crippen molar-refractivity contribution in [3.05, 3.63) is 0 Å². The topological polar surface area (TPSA) is 88.1 Å². The van der Waals surface area contributed by atoms with Gasteiger partial charge >= 0.3 is 12.0 Å². The predicted octanol–water partition coefficient (Wildman–Crippen LogP) is -0.484. The number of hydrogen-bond acceptors (Lipinski definition) is 4. The number of carbonyl (C=O) groups is 2. The highest BCUT2D eigenvalue weighted by atomic mass is 16.5. The van der Waals surface area contributed by atoms with Crippen molar-refractivity contribution in [3.63, 3.8) is 0 Å². The zero-order valence-corrected chi connectivity index (χ0v) is 10.3. The normalized spacial score (nSPS) is 32.3. The molecule has 2 aliphatic rings. The molecular weight excluding hydrogens is 240 g/mol. The second-order valence-corrected chi connectivity index (χ2v) is 4.66. The maximum absolute atomic E-state index is 12.0. The van der Waals surface area contributed by atoms with Gasteiger partial charge in [-0.15, -0.1) is 0 Å². The zero-order chi connectivity index (χ0) is 13.1. The summed E-state index contributed by atoms with van der Waals surface area (Å²) in [4.78, 5) is 24.7. The number of carboxylic acid groups (broad SMARTS) is 1. The van der Waals surface area contributed by atoms with E-state index in [0.717, 1.165) is 0 Å². The van der Waals surface area contributed by atoms with E-state index in [4.69, 9.17) is 14.6 Å². The van der Waals surface area contributed by atoms with Crippen LogP contribution in [0.2, 0.25) is 0 Å². The molecular formula is C11H18N2O5. The van der Waals surface area contributed by atoms with Crippen molar-refractivity contribution in [2.24, 2.45) is 5.92 Å². The molecule has 0 aliphatic carbocycles. The van der Waals surface area contributed by atoms with Crippen LogP contribution >= 0.6 is 0 Å². The minimum absolute atomic E-state index is 0.00403. The van der Waals surface area contributed by atoms with Crippen molar-refractivity contribution >= 4 is 12.0 Å². The number of morpholine rings is 1. The highest BCUT2D eigenvalue weighted by Crippen LogP contribution is 2.15. The number of nitrogens with zero attached hydrogens (tertiary/aromatic N) is 1. The smallest absolute Gasteiger partial charge is 0.318 e. The van der Waals surface area contributed by atoms with E-state index in [1.165, 1.54) is 0 Å². The molecule has 0 aromatic rings. The monoisotopic (exact) mass is 258 g/mol. The summed E-state index contributed by atoms with van der Waals surface area (Å²) in [7, 11) is 0. The summed E-state index contributed by atoms with van der Waals surface area (Å²) in [6.07, 6.45) is 0. The molecule has 7 heteroatoms. The van der Waals surface area contributed by atoms with E-state index >= 15 is 0 Å². The van der Waals surface area contributed by atoms with Crippen molar-refractivity contribution in [3.8, 4) is 0 Å². The molecule has 3 atom stereocenters. The number of carboxylic acids is 1. The van der Waals surface area contributed by atoms with Crippen LogP contribution in [0.3, 0.4) is 0 Å². The van der Waals surface area contributed by atoms with E-state index in [1.807, 2.05) is 6.92 Å². The standard InChI is InChI=1S/C11H18N2O5/c1-7-4-17-3-2-13(7)11(16)12-9-6-18-5-8(9)10(14)15/h7-9H,2-6H2,1H3,(H,12,16)(H,14,15). The minimum atomic E-state index is -0.937. The molecule has 0 aromatic carbocycles. The minimum Gasteiger partial charge on any atom is -0.481 e. The molecule has 102 valence electrons. The Balaban J connectivity index is 1.92. The molecule has 0 aromatic heterocycles. The molecule has 2 N–H and O–H groups in total. The Morgan fingerprint density at radius 1 is 1.28 bits per heavy atom. The molecule has 2 rings (SSSR count). The summed E-state index contributed by atoms with van der Waals surface area (Å²) in [5.74, 6) is -1.60. The molecule has 18 heavy (non-hydrogen) atoms. The number of urea groups is 1. The lowest BCUT2D eigenvalue weighted by molar-refractivity contribution is -0.142. The van der Waals surface area contributed by atoms with E-state index in [9.17, 15) is 9.59 Å². The molecule has 2 saturated heterocycles. The Bertz CT molecular complexity index is 335. The fourth-order valence-corrected chi connectivity index (χ4v) is 2.21. The van der Waals surface area contributed by atoms with Crippen LogP contribution in [0.25, 0.3) is 0 Å². The van der Waals surface area contributed by atoms with Gasteiger partial charge in [-0.1, -0.05) is 0 Å². The van der Waals surface area contributed by atoms with Crippen molar-refractivity contribution in [1.82, 2.24) is 10.2 Å². The molecule has 2 amide bonds. The summed E-state index contributed by atoms with van der Waals surface area (Å²) < 4.78 is 10.4. The predicted molar refractivity (Wildman–Crippen MR) is 61.3 cm³/mol. The van der Waals surface area contributed by atoms with Crippen LogP contribution in [0, 0.1) is 5.92 Å². The van der Waals surface area contributed by atoms with Gasteiger partial charge in [0.25, 0.3) is 0 Å². The quantitative estimate of drug-likeness (QED) is 0.698. The third kappa shape index (κ3) is 2.73. The summed E-state index contributed by atoms with van der Waals surface area (Å²) >= 11 is 0. The summed E-state index contributed by atoms with van der Waals surface area (Å²) in [5, 5.41) is 11.7. The van der Waals surface area contributed by atoms with Gasteiger partial charge in [0.2, 0.25) is 0 Å². The second kappa shape index (κ2) is 5.53. The third-order valence-corrected chi connectivity index (χ3v) is 3.34. The van der Waals surface area contributed by atoms with Crippen LogP contribution in [0.15, 0.2) is 0 Å². The largest absolute Gasteiger partial charge is 0.481 e. The first-order chi connectivity index (χ1) is 8.59. The van der Waals surface area contributed by atoms with E-state index in [1.54, 1.807) is 4.90 Å². The number of aliphatic carboxylic acids is 1. The van der Waals surface area contributed by atoms with Gasteiger partial charge in [0.05, 0.1) is 38.5 Å². The Labute approximate surface area is 105 Å². The maximum atomic E-state index is 12.0. The van der Waals surface area contributed by atoms with Gasteiger partial charge in [0.1, 0.15) is 5.92 Å². The lowest BCUT2D eigenvalue weighted by Crippen LogP contribution is -2.55. The van der Waals surface area contributed by atoms with Crippen molar-refractivity contribution in [1.29, 1.82) is 0 Å². The highest BCUT2D eigenvalue weighted by Gasteiger charge is 2.36. The molecule has 2 fully saturated rings. The van der Waals surface area contributed by atoms with Crippen LogP contribution in [-0.2, 0) is 14.3 Å². The van der Waals surface area contributed by atoms with E-state index in [2.05, 4.69) is 5.32 Å². The molecule has 7 nitrogen and oxygen atoms in total. The Hall–Kier alpha value is -1.34. The SMILES string of the molecule is CC1COCCN1C(=O)NC1COCC1C(=O)O. The van der Waals surface area contributed by atoms with Crippen LogP contribution < -0.4 is 5.32 Å². The van der Waals surface area contributed by atoms with Gasteiger partial charge < -0.3 is 24.8 Å². The average Bonchev–Trinajstić information content (AvgIpc) is 2.77. The van der Waals surface area contributed by atoms with Gasteiger partial charge in [-0.25, -0.2) is 4.79 Å². The first kappa shape index (κ1) is 13.1. The lowest BCUT2D eigenvalue weighted by Gasteiger charge is -2.34. The molecule has 0 bridgehead atoms. The number of ether oxygens (including phenoxy) is 2. The Kier molecular flexibility index (Phi) is 4.03. The van der Waals surface area contributed by atoms with Gasteiger partial charge in [0, 0.05) is 6.54 Å². The zero-order valence-electron chi connectivity index (χ0n) is 10.3. The Morgan fingerprint density at radius 2 is 2.06 bits per heavy atom. The Morgan fingerprint density at radius 3 is 2.72 bits per heavy atom. The van der Waals surface area contributed by atoms with Crippen LogP contribution in [0.4, 0.5) is 4.79 Å². The fraction of sp³-hybridized carbons (Fsp3) is 0.818. The van der Waals surface area contributed by atoms with Crippen LogP contribution in [0.1, 0.15) is 6.92 Å². The van der Waals surface area contributed by atoms with E-state index in [0.29, 0.717) is 19.8 Å². The van der Waals surface area contributed by atoms with Crippen LogP contribution in [0.5, 0.6) is 0 Å². The summed E-state index contributed by atoms with van der Waals surface area (Å²) in [5.41, 5.74) is 0. The number of nitrogens with one attached hydrogen (secondary N) is 1. The third-order valence-electron chi connectivity index (χ3n) is 3.34. The molecule has 2 heterocycles. The molecule has 0 spiro atoms. The first-order valence-corrected chi connectivity index (χ1v) is 6.05. The number of hydrogen-bond donors (Lipinski definition) is 2. The van der Waals surface area contributed by atoms with Crippen molar-refractivity contribution < 1.29 is 24.2 Å². The maximum Gasteiger partial charge on any atom is 0.318 e. The van der Waals surface area contributed by atoms with Crippen LogP contribution in [-0.4, -0.2) is 67.1 Å². The molecule has 2 aliphatic heterocycles. The molecule has 3 unspecified atom stereocenters. The summed E-state index contributed by atoms with van der Waals surface area (Å²) in [6, 6.07) is -0.693. The first-order valence-electron chi connectivity index (χ1n) is 6.05. The summed E-state index contributed by atoms with van der Waals surface area (Å²) in [6.45, 7) is 3.86. The highest BCUT2D eigenvalue weighted by molar-refractivity contribution is 5.77. The van der Waals surface area contributed by atoms with Gasteiger partial charge in [0.15, 0.2) is 0 Å². The van der Waals surface area contributed by atoms with E-state index in [-0.39, 0.29) is 25.3 Å². The number of carbonyl (C=O) groups excluding carboxylic acids is 1. The number of rotatable bonds is 2. The fourth-order valence-electron chi connectivity index (χ4n) is 2.21. The van der Waals surface area contributed by atoms with Crippen molar-refractivity contribution in [2.75, 3.05) is 33.0 Å². The van der Waals surface area contributed by atoms with E-state index < -0.39 is 17.9 Å². The average molecular weight is 258 g/mol. The van der Waals surface area contributed by atoms with Gasteiger partial charge in [-0.2, -0.15) is 0 Å².